The van der Waals surface area contributed by atoms with Crippen LogP contribution in [0.5, 0.6) is 0 Å². The number of nitrogens with zero attached hydrogens (tertiary/aromatic N) is 2. The lowest BCUT2D eigenvalue weighted by Crippen LogP contribution is -2.41. The number of hydrogen-bond acceptors (Lipinski definition) is 5. The van der Waals surface area contributed by atoms with Gasteiger partial charge in [0.1, 0.15) is 0 Å². The van der Waals surface area contributed by atoms with E-state index in [1.54, 1.807) is 19.2 Å². The van der Waals surface area contributed by atoms with Crippen molar-refractivity contribution in [3.05, 3.63) is 18.3 Å². The van der Waals surface area contributed by atoms with Crippen molar-refractivity contribution in [3.8, 4) is 0 Å². The lowest BCUT2D eigenvalue weighted by Gasteiger charge is -2.30. The molecule has 1 aromatic heterocycles. The molecular weight excluding hydrogens is 290 g/mol. The molecular formula is C14H23N3O3S. The number of rotatable bonds is 6. The van der Waals surface area contributed by atoms with Gasteiger partial charge in [-0.2, -0.15) is 4.31 Å². The van der Waals surface area contributed by atoms with Crippen molar-refractivity contribution in [2.75, 3.05) is 32.1 Å². The lowest BCUT2D eigenvalue weighted by molar-refractivity contribution is 0.0604. The summed E-state index contributed by atoms with van der Waals surface area (Å²) in [5.41, 5.74) is 0.577. The molecule has 1 aromatic rings. The molecule has 0 spiro atoms. The molecule has 118 valence electrons. The smallest absolute Gasteiger partial charge is 0.262 e. The molecule has 0 amide bonds. The highest BCUT2D eigenvalue weighted by Gasteiger charge is 2.31. The minimum Gasteiger partial charge on any atom is -0.383 e. The van der Waals surface area contributed by atoms with E-state index in [0.717, 1.165) is 25.8 Å². The molecule has 1 aliphatic rings. The molecule has 1 N–H and O–H groups in total. The topological polar surface area (TPSA) is 71.5 Å². The second-order valence-corrected chi connectivity index (χ2v) is 6.98. The van der Waals surface area contributed by atoms with Gasteiger partial charge in [0.25, 0.3) is 10.0 Å². The Kier molecular flexibility index (Phi) is 5.55. The second kappa shape index (κ2) is 7.20. The van der Waals surface area contributed by atoms with Crippen LogP contribution in [0.15, 0.2) is 23.4 Å². The highest BCUT2D eigenvalue weighted by atomic mass is 32.2. The average molecular weight is 313 g/mol. The highest BCUT2D eigenvalue weighted by Crippen LogP contribution is 2.25. The number of sulfonamides is 1. The molecule has 1 saturated heterocycles. The van der Waals surface area contributed by atoms with Crippen LogP contribution in [0.1, 0.15) is 26.2 Å². The van der Waals surface area contributed by atoms with E-state index in [0.29, 0.717) is 18.8 Å². The van der Waals surface area contributed by atoms with E-state index in [9.17, 15) is 8.42 Å². The van der Waals surface area contributed by atoms with Crippen molar-refractivity contribution in [2.24, 2.45) is 0 Å². The Morgan fingerprint density at radius 3 is 2.76 bits per heavy atom. The van der Waals surface area contributed by atoms with Crippen molar-refractivity contribution in [1.82, 2.24) is 9.29 Å². The Morgan fingerprint density at radius 1 is 1.43 bits per heavy atom. The number of nitrogens with one attached hydrogen (secondary N) is 1. The number of piperidine rings is 1. The van der Waals surface area contributed by atoms with Crippen LogP contribution in [-0.4, -0.2) is 50.6 Å². The number of aromatic nitrogens is 1. The van der Waals surface area contributed by atoms with Gasteiger partial charge in [0.15, 0.2) is 5.03 Å². The number of hydrogen-bond donors (Lipinski definition) is 1. The first-order valence-electron chi connectivity index (χ1n) is 7.31. The third-order valence-corrected chi connectivity index (χ3v) is 5.51. The van der Waals surface area contributed by atoms with Crippen LogP contribution in [0.3, 0.4) is 0 Å². The molecule has 0 atom stereocenters. The van der Waals surface area contributed by atoms with E-state index in [-0.39, 0.29) is 11.1 Å². The van der Waals surface area contributed by atoms with Crippen LogP contribution in [0.2, 0.25) is 0 Å². The quantitative estimate of drug-likeness (QED) is 0.865. The fourth-order valence-electron chi connectivity index (χ4n) is 2.42. The lowest BCUT2D eigenvalue weighted by atomic mass is 10.1. The van der Waals surface area contributed by atoms with Gasteiger partial charge in [-0.05, 0) is 31.4 Å². The molecule has 1 aliphatic heterocycles. The van der Waals surface area contributed by atoms with E-state index in [2.05, 4.69) is 10.3 Å². The third-order valence-electron chi connectivity index (χ3n) is 3.66. The monoisotopic (exact) mass is 313 g/mol. The maximum absolute atomic E-state index is 12.7. The van der Waals surface area contributed by atoms with Crippen molar-refractivity contribution < 1.29 is 13.2 Å². The van der Waals surface area contributed by atoms with Gasteiger partial charge < -0.3 is 10.1 Å². The maximum atomic E-state index is 12.7. The van der Waals surface area contributed by atoms with Gasteiger partial charge in [-0.15, -0.1) is 0 Å². The van der Waals surface area contributed by atoms with Crippen LogP contribution >= 0.6 is 0 Å². The Bertz CT molecular complexity index is 554. The summed E-state index contributed by atoms with van der Waals surface area (Å²) in [4.78, 5) is 4.09. The molecule has 7 heteroatoms. The molecule has 21 heavy (non-hydrogen) atoms. The number of ether oxygens (including phenoxy) is 1. The zero-order chi connectivity index (χ0) is 15.3. The average Bonchev–Trinajstić information content (AvgIpc) is 2.53. The predicted octanol–water partition coefficient (Wildman–Crippen LogP) is 1.70. The first-order chi connectivity index (χ1) is 10.1. The number of methoxy groups -OCH3 is 1. The first-order valence-corrected chi connectivity index (χ1v) is 8.75. The molecule has 2 heterocycles. The summed E-state index contributed by atoms with van der Waals surface area (Å²) < 4.78 is 32.3. The minimum atomic E-state index is -3.55. The van der Waals surface area contributed by atoms with E-state index in [1.165, 1.54) is 10.5 Å². The highest BCUT2D eigenvalue weighted by molar-refractivity contribution is 7.89. The Morgan fingerprint density at radius 2 is 2.14 bits per heavy atom. The summed E-state index contributed by atoms with van der Waals surface area (Å²) in [6.07, 6.45) is 4.04. The van der Waals surface area contributed by atoms with Gasteiger partial charge in [-0.1, -0.05) is 6.92 Å². The minimum absolute atomic E-state index is 0.120. The molecule has 6 nitrogen and oxygen atoms in total. The van der Waals surface area contributed by atoms with Gasteiger partial charge >= 0.3 is 0 Å². The standard InChI is InChI=1S/C14H23N3O3S/c1-3-8-15-13-5-4-9-16-14(13)21(18,19)17-10-6-12(20-2)7-11-17/h4-5,9,12,15H,3,6-8,10-11H2,1-2H3. The Hall–Kier alpha value is -1.18. The van der Waals surface area contributed by atoms with E-state index < -0.39 is 10.0 Å². The molecule has 0 aromatic carbocycles. The van der Waals surface area contributed by atoms with Crippen LogP contribution < -0.4 is 5.32 Å². The van der Waals surface area contributed by atoms with Crippen LogP contribution in [0.25, 0.3) is 0 Å². The van der Waals surface area contributed by atoms with Crippen LogP contribution in [0.4, 0.5) is 5.69 Å². The van der Waals surface area contributed by atoms with Crippen LogP contribution in [0, 0.1) is 0 Å². The summed E-state index contributed by atoms with van der Waals surface area (Å²) in [6, 6.07) is 3.51. The molecule has 1 fully saturated rings. The summed E-state index contributed by atoms with van der Waals surface area (Å²) in [7, 11) is -1.88. The molecule has 0 bridgehead atoms. The second-order valence-electron chi connectivity index (χ2n) is 5.12. The van der Waals surface area contributed by atoms with Gasteiger partial charge in [0.2, 0.25) is 0 Å². The summed E-state index contributed by atoms with van der Waals surface area (Å²) in [5, 5.41) is 3.25. The third kappa shape index (κ3) is 3.72. The Labute approximate surface area is 126 Å². The van der Waals surface area contributed by atoms with Gasteiger partial charge in [0.05, 0.1) is 11.8 Å². The number of pyridine rings is 1. The van der Waals surface area contributed by atoms with Gasteiger partial charge in [-0.25, -0.2) is 13.4 Å². The van der Waals surface area contributed by atoms with Crippen molar-refractivity contribution >= 4 is 15.7 Å². The largest absolute Gasteiger partial charge is 0.383 e. The summed E-state index contributed by atoms with van der Waals surface area (Å²) in [6.45, 7) is 3.71. The predicted molar refractivity (Wildman–Crippen MR) is 81.8 cm³/mol. The normalized spacial score (nSPS) is 17.8. The first kappa shape index (κ1) is 16.2. The zero-order valence-corrected chi connectivity index (χ0v) is 13.4. The van der Waals surface area contributed by atoms with Crippen molar-refractivity contribution in [1.29, 1.82) is 0 Å². The fourth-order valence-corrected chi connectivity index (χ4v) is 3.97. The van der Waals surface area contributed by atoms with E-state index >= 15 is 0 Å². The zero-order valence-electron chi connectivity index (χ0n) is 12.6. The Balaban J connectivity index is 2.20. The van der Waals surface area contributed by atoms with E-state index in [1.807, 2.05) is 6.92 Å². The molecule has 0 unspecified atom stereocenters. The van der Waals surface area contributed by atoms with Gasteiger partial charge in [0, 0.05) is 32.9 Å². The fraction of sp³-hybridized carbons (Fsp3) is 0.643. The van der Waals surface area contributed by atoms with Crippen molar-refractivity contribution in [2.45, 2.75) is 37.3 Å². The summed E-state index contributed by atoms with van der Waals surface area (Å²) in [5.74, 6) is 0. The molecule has 0 radical (unpaired) electrons. The van der Waals surface area contributed by atoms with Crippen molar-refractivity contribution in [3.63, 3.8) is 0 Å². The molecule has 0 saturated carbocycles. The van der Waals surface area contributed by atoms with Crippen LogP contribution in [-0.2, 0) is 14.8 Å². The van der Waals surface area contributed by atoms with Gasteiger partial charge in [-0.3, -0.25) is 0 Å². The van der Waals surface area contributed by atoms with E-state index in [4.69, 9.17) is 4.74 Å². The SMILES string of the molecule is CCCNc1cccnc1S(=O)(=O)N1CCC(OC)CC1. The molecule has 2 rings (SSSR count). The molecule has 0 aliphatic carbocycles. The maximum Gasteiger partial charge on any atom is 0.262 e. The summed E-state index contributed by atoms with van der Waals surface area (Å²) >= 11 is 0. The number of anilines is 1.